The third-order valence-corrected chi connectivity index (χ3v) is 4.90. The molecule has 0 aromatic heterocycles. The molecule has 124 valence electrons. The zero-order chi connectivity index (χ0) is 16.6. The minimum absolute atomic E-state index is 0.0106. The summed E-state index contributed by atoms with van der Waals surface area (Å²) in [7, 11) is 1.63. The van der Waals surface area contributed by atoms with Crippen LogP contribution in [0, 0.1) is 0 Å². The Balaban J connectivity index is 1.65. The number of fused-ring (bicyclic) bond motifs is 1. The van der Waals surface area contributed by atoms with Gasteiger partial charge in [0.15, 0.2) is 0 Å². The molecule has 0 unspecified atom stereocenters. The number of nitrogens with zero attached hydrogens (tertiary/aromatic N) is 2. The smallest absolute Gasteiger partial charge is 0.254 e. The maximum atomic E-state index is 12.5. The maximum absolute atomic E-state index is 12.5. The Labute approximate surface area is 135 Å². The summed E-state index contributed by atoms with van der Waals surface area (Å²) in [5, 5.41) is 19.9. The lowest BCUT2D eigenvalue weighted by molar-refractivity contribution is -0.139. The van der Waals surface area contributed by atoms with Crippen molar-refractivity contribution in [2.24, 2.45) is 0 Å². The molecule has 1 aromatic rings. The zero-order valence-corrected chi connectivity index (χ0v) is 13.2. The van der Waals surface area contributed by atoms with Gasteiger partial charge in [-0.1, -0.05) is 18.2 Å². The first-order valence-corrected chi connectivity index (χ1v) is 7.98. The van der Waals surface area contributed by atoms with Gasteiger partial charge in [-0.2, -0.15) is 0 Å². The molecule has 0 bridgehead atoms. The fraction of sp³-hybridized carbons (Fsp3) is 0.529. The van der Waals surface area contributed by atoms with Gasteiger partial charge < -0.3 is 20.0 Å². The van der Waals surface area contributed by atoms with E-state index in [1.165, 1.54) is 9.80 Å². The molecular formula is C17H22N2O4. The summed E-state index contributed by atoms with van der Waals surface area (Å²) in [6.07, 6.45) is 0.272. The van der Waals surface area contributed by atoms with Crippen LogP contribution in [-0.2, 0) is 11.3 Å². The van der Waals surface area contributed by atoms with Crippen molar-refractivity contribution in [3.05, 3.63) is 35.4 Å². The Bertz CT molecular complexity index is 618. The monoisotopic (exact) mass is 318 g/mol. The van der Waals surface area contributed by atoms with Crippen LogP contribution in [0.15, 0.2) is 24.3 Å². The number of amides is 2. The van der Waals surface area contributed by atoms with Gasteiger partial charge in [0.1, 0.15) is 12.6 Å². The topological polar surface area (TPSA) is 81.1 Å². The largest absolute Gasteiger partial charge is 0.390 e. The Morgan fingerprint density at radius 3 is 2.78 bits per heavy atom. The van der Waals surface area contributed by atoms with Crippen LogP contribution in [0.25, 0.3) is 0 Å². The van der Waals surface area contributed by atoms with E-state index in [9.17, 15) is 19.8 Å². The van der Waals surface area contributed by atoms with E-state index in [4.69, 9.17) is 0 Å². The Morgan fingerprint density at radius 2 is 2.04 bits per heavy atom. The first kappa shape index (κ1) is 16.0. The average molecular weight is 318 g/mol. The molecule has 3 rings (SSSR count). The number of aliphatic hydroxyl groups is 2. The summed E-state index contributed by atoms with van der Waals surface area (Å²) in [5.74, 6) is -0.351. The van der Waals surface area contributed by atoms with Crippen molar-refractivity contribution in [2.45, 2.75) is 44.1 Å². The van der Waals surface area contributed by atoms with E-state index >= 15 is 0 Å². The van der Waals surface area contributed by atoms with E-state index in [1.54, 1.807) is 13.1 Å². The summed E-state index contributed by atoms with van der Waals surface area (Å²) in [4.78, 5) is 27.8. The standard InChI is InChI=1S/C17H22N2O4/c1-18(13-7-4-8-14(20)16(13)22)15(21)10-19-9-11-5-2-3-6-12(11)17(19)23/h2-3,5-6,13-14,16,20,22H,4,7-10H2,1H3/t13-,14-,16-/m1/s1. The van der Waals surface area contributed by atoms with Crippen LogP contribution in [0.4, 0.5) is 0 Å². The molecule has 0 spiro atoms. The normalized spacial score (nSPS) is 27.0. The number of aliphatic hydroxyl groups excluding tert-OH is 2. The lowest BCUT2D eigenvalue weighted by Crippen LogP contribution is -2.53. The number of rotatable bonds is 3. The summed E-state index contributed by atoms with van der Waals surface area (Å²) >= 11 is 0. The van der Waals surface area contributed by atoms with E-state index < -0.39 is 18.2 Å². The number of carbonyl (C=O) groups is 2. The van der Waals surface area contributed by atoms with Gasteiger partial charge in [0.05, 0.1) is 12.1 Å². The molecule has 1 aliphatic heterocycles. The van der Waals surface area contributed by atoms with E-state index in [0.717, 1.165) is 12.0 Å². The van der Waals surface area contributed by atoms with Gasteiger partial charge >= 0.3 is 0 Å². The second-order valence-corrected chi connectivity index (χ2v) is 6.38. The molecule has 2 amide bonds. The van der Waals surface area contributed by atoms with Gasteiger partial charge in [-0.3, -0.25) is 9.59 Å². The highest BCUT2D eigenvalue weighted by molar-refractivity contribution is 6.00. The highest BCUT2D eigenvalue weighted by atomic mass is 16.3. The van der Waals surface area contributed by atoms with Crippen molar-refractivity contribution >= 4 is 11.8 Å². The summed E-state index contributed by atoms with van der Waals surface area (Å²) in [5.41, 5.74) is 1.58. The van der Waals surface area contributed by atoms with Gasteiger partial charge in [0, 0.05) is 19.2 Å². The molecule has 6 nitrogen and oxygen atoms in total. The highest BCUT2D eigenvalue weighted by Gasteiger charge is 2.36. The highest BCUT2D eigenvalue weighted by Crippen LogP contribution is 2.25. The molecule has 6 heteroatoms. The molecule has 3 atom stereocenters. The van der Waals surface area contributed by atoms with Crippen LogP contribution in [-0.4, -0.2) is 63.7 Å². The second-order valence-electron chi connectivity index (χ2n) is 6.38. The first-order chi connectivity index (χ1) is 11.0. The molecule has 1 saturated carbocycles. The van der Waals surface area contributed by atoms with Gasteiger partial charge in [-0.05, 0) is 30.9 Å². The second kappa shape index (κ2) is 6.29. The quantitative estimate of drug-likeness (QED) is 0.844. The van der Waals surface area contributed by atoms with E-state index in [0.29, 0.717) is 24.9 Å². The molecule has 2 aliphatic rings. The average Bonchev–Trinajstić information content (AvgIpc) is 2.86. The molecular weight excluding hydrogens is 296 g/mol. The predicted octanol–water partition coefficient (Wildman–Crippen LogP) is 0.375. The molecule has 2 N–H and O–H groups in total. The zero-order valence-electron chi connectivity index (χ0n) is 13.2. The van der Waals surface area contributed by atoms with Crippen molar-refractivity contribution in [1.82, 2.24) is 9.80 Å². The van der Waals surface area contributed by atoms with Crippen LogP contribution in [0.1, 0.15) is 35.2 Å². The van der Waals surface area contributed by atoms with Crippen molar-refractivity contribution in [3.8, 4) is 0 Å². The summed E-state index contributed by atoms with van der Waals surface area (Å²) in [6.45, 7) is 0.424. The number of benzene rings is 1. The number of hydrogen-bond acceptors (Lipinski definition) is 4. The van der Waals surface area contributed by atoms with Gasteiger partial charge in [0.25, 0.3) is 5.91 Å². The minimum atomic E-state index is -0.927. The molecule has 1 fully saturated rings. The van der Waals surface area contributed by atoms with Gasteiger partial charge in [0.2, 0.25) is 5.91 Å². The Kier molecular flexibility index (Phi) is 4.37. The van der Waals surface area contributed by atoms with Crippen LogP contribution in [0.3, 0.4) is 0 Å². The van der Waals surface area contributed by atoms with Crippen LogP contribution in [0.5, 0.6) is 0 Å². The third-order valence-electron chi connectivity index (χ3n) is 4.90. The molecule has 0 saturated heterocycles. The predicted molar refractivity (Wildman–Crippen MR) is 83.6 cm³/mol. The van der Waals surface area contributed by atoms with Gasteiger partial charge in [-0.15, -0.1) is 0 Å². The lowest BCUT2D eigenvalue weighted by atomic mass is 9.89. The van der Waals surface area contributed by atoms with Crippen LogP contribution in [0.2, 0.25) is 0 Å². The first-order valence-electron chi connectivity index (χ1n) is 7.98. The molecule has 1 aromatic carbocycles. The third kappa shape index (κ3) is 2.96. The van der Waals surface area contributed by atoms with Crippen molar-refractivity contribution in [2.75, 3.05) is 13.6 Å². The van der Waals surface area contributed by atoms with Gasteiger partial charge in [-0.25, -0.2) is 0 Å². The maximum Gasteiger partial charge on any atom is 0.254 e. The Hall–Kier alpha value is -1.92. The molecule has 23 heavy (non-hydrogen) atoms. The van der Waals surface area contributed by atoms with E-state index in [2.05, 4.69) is 0 Å². The fourth-order valence-corrected chi connectivity index (χ4v) is 3.46. The van der Waals surface area contributed by atoms with Crippen molar-refractivity contribution in [1.29, 1.82) is 0 Å². The number of likely N-dealkylation sites (N-methyl/N-ethyl adjacent to an activating group) is 1. The van der Waals surface area contributed by atoms with Crippen molar-refractivity contribution < 1.29 is 19.8 Å². The molecule has 1 heterocycles. The summed E-state index contributed by atoms with van der Waals surface area (Å²) in [6, 6.07) is 6.96. The minimum Gasteiger partial charge on any atom is -0.390 e. The van der Waals surface area contributed by atoms with Crippen molar-refractivity contribution in [3.63, 3.8) is 0 Å². The number of hydrogen-bond donors (Lipinski definition) is 2. The fourth-order valence-electron chi connectivity index (χ4n) is 3.46. The Morgan fingerprint density at radius 1 is 1.30 bits per heavy atom. The van der Waals surface area contributed by atoms with E-state index in [1.807, 2.05) is 18.2 Å². The SMILES string of the molecule is CN(C(=O)CN1Cc2ccccc2C1=O)[C@@H]1CCC[C@@H](O)[C@@H]1O. The van der Waals surface area contributed by atoms with E-state index in [-0.39, 0.29) is 18.4 Å². The van der Waals surface area contributed by atoms with Crippen LogP contribution < -0.4 is 0 Å². The lowest BCUT2D eigenvalue weighted by Gasteiger charge is -2.38. The molecule has 1 aliphatic carbocycles. The summed E-state index contributed by atoms with van der Waals surface area (Å²) < 4.78 is 0. The number of carbonyl (C=O) groups excluding carboxylic acids is 2. The molecule has 0 radical (unpaired) electrons. The van der Waals surface area contributed by atoms with Crippen LogP contribution >= 0.6 is 0 Å².